The number of amides is 1. The van der Waals surface area contributed by atoms with E-state index in [0.717, 1.165) is 10.7 Å². The van der Waals surface area contributed by atoms with E-state index in [1.165, 1.54) is 38.4 Å². The van der Waals surface area contributed by atoms with Gasteiger partial charge in [-0.25, -0.2) is 17.5 Å². The van der Waals surface area contributed by atoms with Crippen LogP contribution in [0.25, 0.3) is 0 Å². The molecular formula is C19H30N2O5S. The van der Waals surface area contributed by atoms with E-state index in [1.54, 1.807) is 0 Å². The smallest absolute Gasteiger partial charge is 0.338 e. The lowest BCUT2D eigenvalue weighted by Crippen LogP contribution is -2.47. The number of carbonyl (C=O) groups excluding carboxylic acids is 2. The second kappa shape index (κ2) is 8.39. The van der Waals surface area contributed by atoms with Gasteiger partial charge in [0.1, 0.15) is 0 Å². The maximum atomic E-state index is 12.1. The number of sulfonamides is 1. The largest absolute Gasteiger partial charge is 0.452 e. The van der Waals surface area contributed by atoms with Gasteiger partial charge in [0.2, 0.25) is 10.0 Å². The molecule has 0 heterocycles. The van der Waals surface area contributed by atoms with Crippen LogP contribution in [0.5, 0.6) is 0 Å². The Kier molecular flexibility index (Phi) is 7.18. The summed E-state index contributed by atoms with van der Waals surface area (Å²) in [6.07, 6.45) is 0.765. The van der Waals surface area contributed by atoms with E-state index in [2.05, 4.69) is 26.1 Å². The molecule has 0 bridgehead atoms. The quantitative estimate of drug-likeness (QED) is 0.712. The maximum absolute atomic E-state index is 12.1. The molecule has 1 aromatic rings. The average Bonchev–Trinajstić information content (AvgIpc) is 2.49. The molecule has 7 nitrogen and oxygen atoms in total. The fourth-order valence-corrected chi connectivity index (χ4v) is 3.87. The van der Waals surface area contributed by atoms with Gasteiger partial charge in [0.05, 0.1) is 10.5 Å². The Morgan fingerprint density at radius 1 is 1.04 bits per heavy atom. The Balaban J connectivity index is 2.66. The van der Waals surface area contributed by atoms with E-state index in [4.69, 9.17) is 4.74 Å². The summed E-state index contributed by atoms with van der Waals surface area (Å²) in [5, 5.41) is 2.86. The van der Waals surface area contributed by atoms with Crippen LogP contribution in [0.4, 0.5) is 0 Å². The van der Waals surface area contributed by atoms with Crippen molar-refractivity contribution in [3.05, 3.63) is 29.8 Å². The van der Waals surface area contributed by atoms with Crippen molar-refractivity contribution in [2.75, 3.05) is 20.7 Å². The van der Waals surface area contributed by atoms with Gasteiger partial charge < -0.3 is 10.1 Å². The molecule has 1 N–H and O–H groups in total. The average molecular weight is 399 g/mol. The first-order valence-electron chi connectivity index (χ1n) is 8.65. The molecule has 0 saturated heterocycles. The predicted molar refractivity (Wildman–Crippen MR) is 104 cm³/mol. The molecule has 0 unspecified atom stereocenters. The Hall–Kier alpha value is -1.93. The summed E-state index contributed by atoms with van der Waals surface area (Å²) < 4.78 is 30.1. The molecule has 1 rings (SSSR count). The molecule has 1 amide bonds. The molecule has 0 atom stereocenters. The topological polar surface area (TPSA) is 92.8 Å². The normalized spacial score (nSPS) is 12.7. The predicted octanol–water partition coefficient (Wildman–Crippen LogP) is 2.42. The van der Waals surface area contributed by atoms with Crippen molar-refractivity contribution in [2.24, 2.45) is 5.41 Å². The van der Waals surface area contributed by atoms with Crippen LogP contribution in [-0.2, 0) is 19.6 Å². The molecule has 0 saturated carbocycles. The standard InChI is InChI=1S/C19H30N2O5S/c1-18(2,3)13-19(4,5)20-16(22)12-26-17(23)14-8-10-15(11-9-14)27(24,25)21(6)7/h8-11H,12-13H2,1-7H3,(H,20,22). The highest BCUT2D eigenvalue weighted by molar-refractivity contribution is 7.89. The number of esters is 1. The van der Waals surface area contributed by atoms with Crippen LogP contribution in [0.3, 0.4) is 0 Å². The molecule has 0 fully saturated rings. The summed E-state index contributed by atoms with van der Waals surface area (Å²) >= 11 is 0. The molecule has 0 aliphatic carbocycles. The van der Waals surface area contributed by atoms with Crippen molar-refractivity contribution in [1.82, 2.24) is 9.62 Å². The van der Waals surface area contributed by atoms with Crippen molar-refractivity contribution in [3.8, 4) is 0 Å². The number of ether oxygens (including phenoxy) is 1. The van der Waals surface area contributed by atoms with Crippen molar-refractivity contribution in [2.45, 2.75) is 51.5 Å². The molecule has 8 heteroatoms. The van der Waals surface area contributed by atoms with E-state index >= 15 is 0 Å². The second-order valence-electron chi connectivity index (χ2n) is 8.56. The first-order chi connectivity index (χ1) is 12.1. The SMILES string of the molecule is CN(C)S(=O)(=O)c1ccc(C(=O)OCC(=O)NC(C)(C)CC(C)(C)C)cc1. The maximum Gasteiger partial charge on any atom is 0.338 e. The number of benzene rings is 1. The summed E-state index contributed by atoms with van der Waals surface area (Å²) in [6, 6.07) is 5.39. The van der Waals surface area contributed by atoms with Gasteiger partial charge in [0.15, 0.2) is 6.61 Å². The van der Waals surface area contributed by atoms with Crippen molar-refractivity contribution in [3.63, 3.8) is 0 Å². The van der Waals surface area contributed by atoms with Gasteiger partial charge in [0, 0.05) is 19.6 Å². The Morgan fingerprint density at radius 2 is 1.56 bits per heavy atom. The van der Waals surface area contributed by atoms with Crippen molar-refractivity contribution in [1.29, 1.82) is 0 Å². The summed E-state index contributed by atoms with van der Waals surface area (Å²) in [6.45, 7) is 9.69. The number of nitrogens with one attached hydrogen (secondary N) is 1. The van der Waals surface area contributed by atoms with Crippen LogP contribution in [0.2, 0.25) is 0 Å². The number of hydrogen-bond donors (Lipinski definition) is 1. The first-order valence-corrected chi connectivity index (χ1v) is 10.1. The molecule has 0 aliphatic heterocycles. The van der Waals surface area contributed by atoms with Gasteiger partial charge in [0.25, 0.3) is 5.91 Å². The Bertz CT molecular complexity index is 775. The van der Waals surface area contributed by atoms with Crippen LogP contribution in [0.15, 0.2) is 29.2 Å². The molecule has 152 valence electrons. The molecule has 1 aromatic carbocycles. The Morgan fingerprint density at radius 3 is 2.00 bits per heavy atom. The fraction of sp³-hybridized carbons (Fsp3) is 0.579. The highest BCUT2D eigenvalue weighted by Crippen LogP contribution is 2.26. The zero-order chi connectivity index (χ0) is 21.0. The van der Waals surface area contributed by atoms with Crippen LogP contribution < -0.4 is 5.32 Å². The third kappa shape index (κ3) is 7.30. The number of carbonyl (C=O) groups is 2. The third-order valence-corrected chi connectivity index (χ3v) is 5.48. The number of rotatable bonds is 7. The van der Waals surface area contributed by atoms with Crippen LogP contribution in [-0.4, -0.2) is 50.8 Å². The van der Waals surface area contributed by atoms with Crippen LogP contribution >= 0.6 is 0 Å². The lowest BCUT2D eigenvalue weighted by Gasteiger charge is -2.33. The van der Waals surface area contributed by atoms with E-state index in [-0.39, 0.29) is 21.8 Å². The fourth-order valence-electron chi connectivity index (χ4n) is 2.97. The molecule has 27 heavy (non-hydrogen) atoms. The molecule has 0 aromatic heterocycles. The third-order valence-electron chi connectivity index (χ3n) is 3.65. The first kappa shape index (κ1) is 23.1. The molecule has 0 spiro atoms. The van der Waals surface area contributed by atoms with E-state index < -0.39 is 28.1 Å². The van der Waals surface area contributed by atoms with Gasteiger partial charge in [-0.05, 0) is 49.9 Å². The second-order valence-corrected chi connectivity index (χ2v) is 10.7. The minimum absolute atomic E-state index is 0.0437. The zero-order valence-electron chi connectivity index (χ0n) is 17.1. The van der Waals surface area contributed by atoms with E-state index in [1.807, 2.05) is 13.8 Å². The van der Waals surface area contributed by atoms with Gasteiger partial charge in [-0.1, -0.05) is 20.8 Å². The van der Waals surface area contributed by atoms with Gasteiger partial charge in [-0.3, -0.25) is 4.79 Å². The summed E-state index contributed by atoms with van der Waals surface area (Å²) in [7, 11) is -0.708. The van der Waals surface area contributed by atoms with Crippen molar-refractivity contribution < 1.29 is 22.7 Å². The monoisotopic (exact) mass is 398 g/mol. The Labute approximate surface area is 162 Å². The van der Waals surface area contributed by atoms with Crippen LogP contribution in [0.1, 0.15) is 51.4 Å². The van der Waals surface area contributed by atoms with E-state index in [0.29, 0.717) is 0 Å². The summed E-state index contributed by atoms with van der Waals surface area (Å²) in [5.41, 5.74) is -0.207. The van der Waals surface area contributed by atoms with Gasteiger partial charge in [-0.15, -0.1) is 0 Å². The highest BCUT2D eigenvalue weighted by Gasteiger charge is 2.27. The zero-order valence-corrected chi connectivity index (χ0v) is 17.9. The highest BCUT2D eigenvalue weighted by atomic mass is 32.2. The van der Waals surface area contributed by atoms with Crippen molar-refractivity contribution >= 4 is 21.9 Å². The van der Waals surface area contributed by atoms with E-state index in [9.17, 15) is 18.0 Å². The number of nitrogens with zero attached hydrogens (tertiary/aromatic N) is 1. The molecular weight excluding hydrogens is 368 g/mol. The molecule has 0 radical (unpaired) electrons. The number of hydrogen-bond acceptors (Lipinski definition) is 5. The van der Waals surface area contributed by atoms with Crippen LogP contribution in [0, 0.1) is 5.41 Å². The summed E-state index contributed by atoms with van der Waals surface area (Å²) in [5.74, 6) is -1.07. The lowest BCUT2D eigenvalue weighted by molar-refractivity contribution is -0.126. The minimum Gasteiger partial charge on any atom is -0.452 e. The minimum atomic E-state index is -3.56. The summed E-state index contributed by atoms with van der Waals surface area (Å²) in [4.78, 5) is 24.2. The van der Waals surface area contributed by atoms with Gasteiger partial charge >= 0.3 is 5.97 Å². The molecule has 0 aliphatic rings. The van der Waals surface area contributed by atoms with Gasteiger partial charge in [-0.2, -0.15) is 0 Å². The lowest BCUT2D eigenvalue weighted by atomic mass is 9.82.